The lowest BCUT2D eigenvalue weighted by molar-refractivity contribution is -0.116. The van der Waals surface area contributed by atoms with E-state index in [1.165, 1.54) is 0 Å². The van der Waals surface area contributed by atoms with Crippen LogP contribution in [0.5, 0.6) is 0 Å². The van der Waals surface area contributed by atoms with Gasteiger partial charge in [-0.2, -0.15) is 0 Å². The Labute approximate surface area is 131 Å². The Bertz CT molecular complexity index is 675. The van der Waals surface area contributed by atoms with Crippen molar-refractivity contribution in [2.24, 2.45) is 4.99 Å². The van der Waals surface area contributed by atoms with Crippen LogP contribution in [0.1, 0.15) is 30.9 Å². The SMILES string of the molecule is CCN=C(C(=[NH2+])c1ccccc1)C(=O)C(C)c1ccccc1. The minimum absolute atomic E-state index is 0.0468. The van der Waals surface area contributed by atoms with E-state index in [0.717, 1.165) is 11.1 Å². The first-order valence-corrected chi connectivity index (χ1v) is 7.47. The van der Waals surface area contributed by atoms with Gasteiger partial charge in [0.25, 0.3) is 0 Å². The highest BCUT2D eigenvalue weighted by atomic mass is 16.1. The van der Waals surface area contributed by atoms with Gasteiger partial charge in [0.2, 0.25) is 5.71 Å². The summed E-state index contributed by atoms with van der Waals surface area (Å²) in [5, 5.41) is 6.21. The van der Waals surface area contributed by atoms with Crippen LogP contribution in [-0.4, -0.2) is 23.8 Å². The van der Waals surface area contributed by atoms with Gasteiger partial charge in [-0.05, 0) is 24.6 Å². The van der Waals surface area contributed by atoms with E-state index in [0.29, 0.717) is 18.0 Å². The first-order chi connectivity index (χ1) is 10.6. The Morgan fingerprint density at radius 3 is 2.14 bits per heavy atom. The molecule has 3 heteroatoms. The van der Waals surface area contributed by atoms with Gasteiger partial charge >= 0.3 is 0 Å². The van der Waals surface area contributed by atoms with Crippen molar-refractivity contribution in [2.45, 2.75) is 19.8 Å². The fraction of sp³-hybridized carbons (Fsp3) is 0.211. The second-order valence-electron chi connectivity index (χ2n) is 5.10. The number of carbonyl (C=O) groups excluding carboxylic acids is 1. The van der Waals surface area contributed by atoms with Crippen molar-refractivity contribution in [3.05, 3.63) is 71.8 Å². The number of ketones is 1. The summed E-state index contributed by atoms with van der Waals surface area (Å²) in [5.74, 6) is -0.317. The van der Waals surface area contributed by atoms with E-state index < -0.39 is 0 Å². The van der Waals surface area contributed by atoms with Gasteiger partial charge in [-0.15, -0.1) is 0 Å². The van der Waals surface area contributed by atoms with E-state index in [1.807, 2.05) is 74.5 Å². The maximum Gasteiger partial charge on any atom is 0.233 e. The molecule has 0 aliphatic rings. The third-order valence-electron chi connectivity index (χ3n) is 3.58. The number of aliphatic imine (C=N–C) groups is 1. The number of rotatable bonds is 6. The van der Waals surface area contributed by atoms with Gasteiger partial charge in [-0.3, -0.25) is 15.2 Å². The molecular formula is C19H21N2O+. The second kappa shape index (κ2) is 7.46. The van der Waals surface area contributed by atoms with Gasteiger partial charge in [0.15, 0.2) is 11.5 Å². The quantitative estimate of drug-likeness (QED) is 0.814. The zero-order valence-electron chi connectivity index (χ0n) is 13.0. The number of nitrogens with two attached hydrogens (primary N) is 1. The van der Waals surface area contributed by atoms with E-state index in [2.05, 4.69) is 4.99 Å². The molecule has 2 N–H and O–H groups in total. The van der Waals surface area contributed by atoms with Crippen molar-refractivity contribution in [3.63, 3.8) is 0 Å². The number of carbonyl (C=O) groups is 1. The van der Waals surface area contributed by atoms with Crippen molar-refractivity contribution in [2.75, 3.05) is 6.54 Å². The normalized spacial score (nSPS) is 12.7. The van der Waals surface area contributed by atoms with Crippen LogP contribution in [0.2, 0.25) is 0 Å². The maximum absolute atomic E-state index is 12.8. The van der Waals surface area contributed by atoms with Crippen LogP contribution >= 0.6 is 0 Å². The minimum Gasteiger partial charge on any atom is -0.291 e. The number of benzene rings is 2. The summed E-state index contributed by atoms with van der Waals surface area (Å²) < 4.78 is 0. The lowest BCUT2D eigenvalue weighted by Crippen LogP contribution is -2.49. The molecule has 1 unspecified atom stereocenters. The molecule has 0 aliphatic carbocycles. The van der Waals surface area contributed by atoms with Gasteiger partial charge in [-0.1, -0.05) is 55.5 Å². The molecule has 0 aromatic heterocycles. The number of hydrogen-bond acceptors (Lipinski definition) is 2. The predicted molar refractivity (Wildman–Crippen MR) is 90.3 cm³/mol. The largest absolute Gasteiger partial charge is 0.291 e. The van der Waals surface area contributed by atoms with Crippen LogP contribution in [0, 0.1) is 0 Å². The number of Topliss-reactive ketones (excluding diaryl/α,β-unsaturated/α-hetero) is 1. The lowest BCUT2D eigenvalue weighted by atomic mass is 9.90. The average molecular weight is 293 g/mol. The molecule has 0 bridgehead atoms. The Morgan fingerprint density at radius 1 is 1.05 bits per heavy atom. The molecular weight excluding hydrogens is 272 g/mol. The van der Waals surface area contributed by atoms with Crippen LogP contribution in [0.15, 0.2) is 65.7 Å². The van der Waals surface area contributed by atoms with Crippen molar-refractivity contribution in [1.82, 2.24) is 0 Å². The first-order valence-electron chi connectivity index (χ1n) is 7.47. The first kappa shape index (κ1) is 15.8. The van der Waals surface area contributed by atoms with E-state index in [4.69, 9.17) is 5.41 Å². The highest BCUT2D eigenvalue weighted by molar-refractivity contribution is 6.69. The van der Waals surface area contributed by atoms with Crippen LogP contribution in [0.3, 0.4) is 0 Å². The summed E-state index contributed by atoms with van der Waals surface area (Å²) >= 11 is 0. The van der Waals surface area contributed by atoms with Crippen molar-refractivity contribution in [3.8, 4) is 0 Å². The van der Waals surface area contributed by atoms with E-state index in [9.17, 15) is 4.79 Å². The topological polar surface area (TPSA) is 55.0 Å². The Hall–Kier alpha value is -2.55. The van der Waals surface area contributed by atoms with E-state index >= 15 is 0 Å². The Kier molecular flexibility index (Phi) is 5.37. The summed E-state index contributed by atoms with van der Waals surface area (Å²) in [6.07, 6.45) is 0. The van der Waals surface area contributed by atoms with Crippen molar-refractivity contribution in [1.29, 1.82) is 0 Å². The lowest BCUT2D eigenvalue weighted by Gasteiger charge is -2.11. The molecule has 112 valence electrons. The molecule has 2 aromatic carbocycles. The highest BCUT2D eigenvalue weighted by Gasteiger charge is 2.27. The molecule has 0 fully saturated rings. The molecule has 0 saturated heterocycles. The van der Waals surface area contributed by atoms with Gasteiger partial charge < -0.3 is 0 Å². The monoisotopic (exact) mass is 293 g/mol. The maximum atomic E-state index is 12.8. The van der Waals surface area contributed by atoms with Crippen molar-refractivity contribution >= 4 is 17.2 Å². The van der Waals surface area contributed by atoms with E-state index in [1.54, 1.807) is 0 Å². The molecule has 2 rings (SSSR count). The molecule has 0 spiro atoms. The zero-order valence-corrected chi connectivity index (χ0v) is 13.0. The van der Waals surface area contributed by atoms with Crippen LogP contribution < -0.4 is 5.41 Å². The standard InChI is InChI=1S/C19H20N2O/c1-3-21-18(17(20)16-12-8-5-9-13-16)19(22)14(2)15-10-6-4-7-11-15/h4-14,20H,3H2,1-2H3/p+1. The van der Waals surface area contributed by atoms with Crippen molar-refractivity contribution < 1.29 is 10.2 Å². The van der Waals surface area contributed by atoms with Gasteiger partial charge in [0.1, 0.15) is 0 Å². The molecule has 0 aliphatic heterocycles. The van der Waals surface area contributed by atoms with Crippen LogP contribution in [0.4, 0.5) is 0 Å². The molecule has 0 amide bonds. The molecule has 2 aromatic rings. The third kappa shape index (κ3) is 3.55. The zero-order chi connectivity index (χ0) is 15.9. The molecule has 22 heavy (non-hydrogen) atoms. The molecule has 3 nitrogen and oxygen atoms in total. The third-order valence-corrected chi connectivity index (χ3v) is 3.58. The average Bonchev–Trinajstić information content (AvgIpc) is 2.59. The molecule has 0 saturated carbocycles. The minimum atomic E-state index is -0.270. The smallest absolute Gasteiger partial charge is 0.233 e. The predicted octanol–water partition coefficient (Wildman–Crippen LogP) is 2.07. The van der Waals surface area contributed by atoms with Gasteiger partial charge in [-0.25, -0.2) is 0 Å². The number of nitrogens with zero attached hydrogens (tertiary/aromatic N) is 1. The summed E-state index contributed by atoms with van der Waals surface area (Å²) in [4.78, 5) is 17.2. The second-order valence-corrected chi connectivity index (χ2v) is 5.10. The summed E-state index contributed by atoms with van der Waals surface area (Å²) in [5.41, 5.74) is 2.60. The van der Waals surface area contributed by atoms with Gasteiger partial charge in [0.05, 0.1) is 0 Å². The van der Waals surface area contributed by atoms with Crippen LogP contribution in [-0.2, 0) is 4.79 Å². The summed E-state index contributed by atoms with van der Waals surface area (Å²) in [7, 11) is 0. The summed E-state index contributed by atoms with van der Waals surface area (Å²) in [6.45, 7) is 4.32. The summed E-state index contributed by atoms with van der Waals surface area (Å²) in [6, 6.07) is 19.2. The highest BCUT2D eigenvalue weighted by Crippen LogP contribution is 2.17. The van der Waals surface area contributed by atoms with Gasteiger partial charge in [0, 0.05) is 18.0 Å². The van der Waals surface area contributed by atoms with Crippen LogP contribution in [0.25, 0.3) is 0 Å². The fourth-order valence-electron chi connectivity index (χ4n) is 2.31. The van der Waals surface area contributed by atoms with E-state index in [-0.39, 0.29) is 11.7 Å². The fourth-order valence-corrected chi connectivity index (χ4v) is 2.31. The molecule has 0 radical (unpaired) electrons. The molecule has 0 heterocycles. The Balaban J connectivity index is 2.31. The Morgan fingerprint density at radius 2 is 1.59 bits per heavy atom. The number of hydrogen-bond donors (Lipinski definition) is 1. The molecule has 1 atom stereocenters.